The second-order valence-corrected chi connectivity index (χ2v) is 7.34. The number of nitrogens with zero attached hydrogens (tertiary/aromatic N) is 1. The summed E-state index contributed by atoms with van der Waals surface area (Å²) in [7, 11) is 0. The minimum absolute atomic E-state index is 0.143. The van der Waals surface area contributed by atoms with Gasteiger partial charge in [0.15, 0.2) is 0 Å². The molecule has 1 saturated heterocycles. The summed E-state index contributed by atoms with van der Waals surface area (Å²) in [5.41, 5.74) is 3.32. The molecular formula is C18H20BrNO4. The van der Waals surface area contributed by atoms with Crippen LogP contribution in [0, 0.1) is 13.8 Å². The Morgan fingerprint density at radius 3 is 2.75 bits per heavy atom. The van der Waals surface area contributed by atoms with E-state index in [0.29, 0.717) is 10.1 Å². The third-order valence-corrected chi connectivity index (χ3v) is 5.86. The van der Waals surface area contributed by atoms with Crippen LogP contribution in [-0.2, 0) is 11.2 Å². The maximum absolute atomic E-state index is 12.0. The van der Waals surface area contributed by atoms with Crippen molar-refractivity contribution in [1.29, 1.82) is 0 Å². The number of hydrogen-bond donors (Lipinski definition) is 0. The van der Waals surface area contributed by atoms with E-state index >= 15 is 0 Å². The molecule has 2 aliphatic rings. The lowest BCUT2D eigenvalue weighted by Crippen LogP contribution is -2.42. The molecule has 1 aromatic carbocycles. The highest BCUT2D eigenvalue weighted by Gasteiger charge is 2.29. The van der Waals surface area contributed by atoms with E-state index in [1.807, 2.05) is 13.8 Å². The standard InChI is InChI=1S/C18H20BrNO4/c1-10-14-8-12-7-13(9-20-3-5-22-6-4-20)23-16(12)11(2)17(14)24-18(21)15(10)19/h8,13H,3-7,9H2,1-2H3. The smallest absolute Gasteiger partial charge is 0.350 e. The second-order valence-electron chi connectivity index (χ2n) is 6.55. The molecule has 2 aliphatic heterocycles. The van der Waals surface area contributed by atoms with Crippen LogP contribution in [0.15, 0.2) is 19.8 Å². The monoisotopic (exact) mass is 393 g/mol. The first-order chi connectivity index (χ1) is 11.5. The van der Waals surface area contributed by atoms with Gasteiger partial charge in [-0.05, 0) is 47.0 Å². The molecule has 24 heavy (non-hydrogen) atoms. The molecule has 0 spiro atoms. The van der Waals surface area contributed by atoms with E-state index in [4.69, 9.17) is 13.9 Å². The van der Waals surface area contributed by atoms with E-state index in [2.05, 4.69) is 26.9 Å². The lowest BCUT2D eigenvalue weighted by molar-refractivity contribution is 0.0222. The van der Waals surface area contributed by atoms with Crippen LogP contribution in [0.3, 0.4) is 0 Å². The van der Waals surface area contributed by atoms with E-state index in [0.717, 1.165) is 61.5 Å². The molecule has 5 nitrogen and oxygen atoms in total. The van der Waals surface area contributed by atoms with Gasteiger partial charge in [-0.3, -0.25) is 4.90 Å². The van der Waals surface area contributed by atoms with Crippen LogP contribution in [0.4, 0.5) is 0 Å². The predicted octanol–water partition coefficient (Wildman–Crippen LogP) is 2.81. The van der Waals surface area contributed by atoms with Crippen molar-refractivity contribution >= 4 is 26.9 Å². The van der Waals surface area contributed by atoms with Crippen LogP contribution in [0.5, 0.6) is 5.75 Å². The number of halogens is 1. The molecule has 3 heterocycles. The fourth-order valence-corrected chi connectivity index (χ4v) is 3.91. The van der Waals surface area contributed by atoms with Crippen molar-refractivity contribution in [2.75, 3.05) is 32.8 Å². The van der Waals surface area contributed by atoms with Gasteiger partial charge >= 0.3 is 5.63 Å². The van der Waals surface area contributed by atoms with Gasteiger partial charge in [0.2, 0.25) is 0 Å². The fraction of sp³-hybridized carbons (Fsp3) is 0.500. The van der Waals surface area contributed by atoms with E-state index in [1.54, 1.807) is 0 Å². The summed E-state index contributed by atoms with van der Waals surface area (Å²) in [6.07, 6.45) is 1.03. The van der Waals surface area contributed by atoms with E-state index in [-0.39, 0.29) is 11.7 Å². The average molecular weight is 394 g/mol. The first kappa shape index (κ1) is 16.1. The van der Waals surface area contributed by atoms with Crippen LogP contribution in [0.2, 0.25) is 0 Å². The van der Waals surface area contributed by atoms with Gasteiger partial charge < -0.3 is 13.9 Å². The highest BCUT2D eigenvalue weighted by atomic mass is 79.9. The first-order valence-electron chi connectivity index (χ1n) is 8.26. The number of ether oxygens (including phenoxy) is 2. The maximum Gasteiger partial charge on any atom is 0.350 e. The third kappa shape index (κ3) is 2.66. The number of morpholine rings is 1. The Labute approximate surface area is 148 Å². The Bertz CT molecular complexity index is 854. The van der Waals surface area contributed by atoms with Gasteiger partial charge in [-0.15, -0.1) is 0 Å². The van der Waals surface area contributed by atoms with Gasteiger partial charge in [-0.2, -0.15) is 0 Å². The SMILES string of the molecule is Cc1c(Br)c(=O)oc2c(C)c3c(cc12)CC(CN1CCOCC1)O3. The molecule has 6 heteroatoms. The second kappa shape index (κ2) is 6.17. The van der Waals surface area contributed by atoms with E-state index in [1.165, 1.54) is 5.56 Å². The molecule has 1 unspecified atom stereocenters. The highest BCUT2D eigenvalue weighted by molar-refractivity contribution is 9.10. The zero-order valence-electron chi connectivity index (χ0n) is 13.9. The molecule has 0 aliphatic carbocycles. The molecule has 1 fully saturated rings. The number of rotatable bonds is 2. The van der Waals surface area contributed by atoms with Crippen LogP contribution in [0.1, 0.15) is 16.7 Å². The fourth-order valence-electron chi connectivity index (χ4n) is 3.61. The van der Waals surface area contributed by atoms with E-state index < -0.39 is 0 Å². The Balaban J connectivity index is 1.68. The first-order valence-corrected chi connectivity index (χ1v) is 9.06. The van der Waals surface area contributed by atoms with Crippen LogP contribution in [0.25, 0.3) is 11.0 Å². The molecular weight excluding hydrogens is 374 g/mol. The van der Waals surface area contributed by atoms with Crippen LogP contribution in [-0.4, -0.2) is 43.9 Å². The van der Waals surface area contributed by atoms with Crippen molar-refractivity contribution in [2.45, 2.75) is 26.4 Å². The number of hydrogen-bond acceptors (Lipinski definition) is 5. The zero-order valence-corrected chi connectivity index (χ0v) is 15.4. The zero-order chi connectivity index (χ0) is 16.8. The Morgan fingerprint density at radius 1 is 1.25 bits per heavy atom. The molecule has 2 aromatic rings. The van der Waals surface area contributed by atoms with Crippen LogP contribution >= 0.6 is 15.9 Å². The van der Waals surface area contributed by atoms with Crippen molar-refractivity contribution in [3.05, 3.63) is 37.6 Å². The Hall–Kier alpha value is -1.37. The molecule has 4 rings (SSSR count). The van der Waals surface area contributed by atoms with Gasteiger partial charge in [0.25, 0.3) is 0 Å². The molecule has 0 N–H and O–H groups in total. The molecule has 128 valence electrons. The van der Waals surface area contributed by atoms with Crippen molar-refractivity contribution in [2.24, 2.45) is 0 Å². The topological polar surface area (TPSA) is 51.9 Å². The molecule has 0 bridgehead atoms. The molecule has 0 saturated carbocycles. The minimum atomic E-state index is -0.342. The van der Waals surface area contributed by atoms with E-state index in [9.17, 15) is 4.79 Å². The van der Waals surface area contributed by atoms with Gasteiger partial charge in [-0.25, -0.2) is 4.79 Å². The average Bonchev–Trinajstić information content (AvgIpc) is 2.98. The normalized spacial score (nSPS) is 21.0. The summed E-state index contributed by atoms with van der Waals surface area (Å²) < 4.78 is 17.6. The lowest BCUT2D eigenvalue weighted by atomic mass is 10.0. The van der Waals surface area contributed by atoms with Crippen molar-refractivity contribution < 1.29 is 13.9 Å². The molecule has 0 radical (unpaired) electrons. The Kier molecular flexibility index (Phi) is 4.14. The third-order valence-electron chi connectivity index (χ3n) is 4.94. The van der Waals surface area contributed by atoms with Gasteiger partial charge in [0, 0.05) is 37.0 Å². The lowest BCUT2D eigenvalue weighted by Gasteiger charge is -2.28. The number of aryl methyl sites for hydroxylation is 2. The van der Waals surface area contributed by atoms with Crippen LogP contribution < -0.4 is 10.4 Å². The van der Waals surface area contributed by atoms with Crippen molar-refractivity contribution in [3.63, 3.8) is 0 Å². The summed E-state index contributed by atoms with van der Waals surface area (Å²) in [6.45, 7) is 8.31. The number of fused-ring (bicyclic) bond motifs is 2. The molecule has 1 aromatic heterocycles. The predicted molar refractivity (Wildman–Crippen MR) is 95.0 cm³/mol. The van der Waals surface area contributed by atoms with Gasteiger partial charge in [0.05, 0.1) is 13.2 Å². The molecule has 1 atom stereocenters. The summed E-state index contributed by atoms with van der Waals surface area (Å²) in [4.78, 5) is 14.3. The van der Waals surface area contributed by atoms with Gasteiger partial charge in [0.1, 0.15) is 21.9 Å². The summed E-state index contributed by atoms with van der Waals surface area (Å²) in [5.74, 6) is 0.880. The summed E-state index contributed by atoms with van der Waals surface area (Å²) >= 11 is 3.33. The Morgan fingerprint density at radius 2 is 2.00 bits per heavy atom. The van der Waals surface area contributed by atoms with Crippen molar-refractivity contribution in [1.82, 2.24) is 4.90 Å². The largest absolute Gasteiger partial charge is 0.488 e. The van der Waals surface area contributed by atoms with Gasteiger partial charge in [-0.1, -0.05) is 0 Å². The maximum atomic E-state index is 12.0. The quantitative estimate of drug-likeness (QED) is 0.734. The number of benzene rings is 1. The highest BCUT2D eigenvalue weighted by Crippen LogP contribution is 2.39. The van der Waals surface area contributed by atoms with Crippen molar-refractivity contribution in [3.8, 4) is 5.75 Å². The summed E-state index contributed by atoms with van der Waals surface area (Å²) in [6, 6.07) is 2.11. The summed E-state index contributed by atoms with van der Waals surface area (Å²) in [5, 5.41) is 0.980. The molecule has 0 amide bonds. The minimum Gasteiger partial charge on any atom is -0.488 e.